The lowest BCUT2D eigenvalue weighted by atomic mass is 10.3. The Balaban J connectivity index is 1.75. The number of ether oxygens (including phenoxy) is 1. The Morgan fingerprint density at radius 2 is 2.21 bits per heavy atom. The number of aryl methyl sites for hydroxylation is 1. The third-order valence-electron chi connectivity index (χ3n) is 2.42. The molecule has 0 radical (unpaired) electrons. The molecule has 0 saturated carbocycles. The van der Waals surface area contributed by atoms with Crippen molar-refractivity contribution in [1.29, 1.82) is 0 Å². The molecule has 1 aromatic carbocycles. The molecular weight excluding hydrogens is 265 g/mol. The fourth-order valence-corrected chi connectivity index (χ4v) is 2.35. The monoisotopic (exact) mass is 279 g/mol. The van der Waals surface area contributed by atoms with Crippen LogP contribution in [0.2, 0.25) is 0 Å². The summed E-state index contributed by atoms with van der Waals surface area (Å²) in [5, 5.41) is 2.75. The van der Waals surface area contributed by atoms with Crippen molar-refractivity contribution in [3.05, 3.63) is 52.0 Å². The molecule has 100 valence electrons. The standard InChI is InChI=1S/C14H14FNO2S/c1-10-5-6-13(19-10)8-16-14(17)9-18-12-4-2-3-11(15)7-12/h2-7H,8-9H2,1H3,(H,16,17). The highest BCUT2D eigenvalue weighted by atomic mass is 32.1. The van der Waals surface area contributed by atoms with Crippen molar-refractivity contribution in [3.8, 4) is 5.75 Å². The molecule has 5 heteroatoms. The second-order valence-corrected chi connectivity index (χ2v) is 5.41. The highest BCUT2D eigenvalue weighted by Gasteiger charge is 2.04. The maximum absolute atomic E-state index is 12.9. The van der Waals surface area contributed by atoms with Gasteiger partial charge in [-0.2, -0.15) is 0 Å². The van der Waals surface area contributed by atoms with E-state index in [0.29, 0.717) is 12.3 Å². The van der Waals surface area contributed by atoms with Crippen molar-refractivity contribution in [2.75, 3.05) is 6.61 Å². The predicted octanol–water partition coefficient (Wildman–Crippen LogP) is 2.89. The molecule has 2 rings (SSSR count). The van der Waals surface area contributed by atoms with Gasteiger partial charge in [-0.15, -0.1) is 11.3 Å². The Morgan fingerprint density at radius 1 is 1.37 bits per heavy atom. The molecule has 0 spiro atoms. The van der Waals surface area contributed by atoms with E-state index in [1.165, 1.54) is 23.1 Å². The minimum Gasteiger partial charge on any atom is -0.484 e. The quantitative estimate of drug-likeness (QED) is 0.914. The Kier molecular flexibility index (Phi) is 4.52. The van der Waals surface area contributed by atoms with Crippen LogP contribution < -0.4 is 10.1 Å². The molecule has 1 aromatic heterocycles. The summed E-state index contributed by atoms with van der Waals surface area (Å²) >= 11 is 1.64. The van der Waals surface area contributed by atoms with E-state index in [2.05, 4.69) is 5.32 Å². The number of nitrogens with one attached hydrogen (secondary N) is 1. The van der Waals surface area contributed by atoms with E-state index in [0.717, 1.165) is 4.88 Å². The molecule has 0 fully saturated rings. The van der Waals surface area contributed by atoms with E-state index < -0.39 is 0 Å². The SMILES string of the molecule is Cc1ccc(CNC(=O)COc2cccc(F)c2)s1. The Morgan fingerprint density at radius 3 is 2.89 bits per heavy atom. The first-order valence-electron chi connectivity index (χ1n) is 5.84. The minimum atomic E-state index is -0.382. The van der Waals surface area contributed by atoms with Crippen LogP contribution in [0.4, 0.5) is 4.39 Å². The van der Waals surface area contributed by atoms with E-state index in [1.807, 2.05) is 19.1 Å². The van der Waals surface area contributed by atoms with Crippen molar-refractivity contribution >= 4 is 17.2 Å². The Bertz CT molecular complexity index is 568. The first-order chi connectivity index (χ1) is 9.13. The molecule has 2 aromatic rings. The highest BCUT2D eigenvalue weighted by Crippen LogP contribution is 2.14. The lowest BCUT2D eigenvalue weighted by molar-refractivity contribution is -0.123. The summed E-state index contributed by atoms with van der Waals surface area (Å²) in [7, 11) is 0. The topological polar surface area (TPSA) is 38.3 Å². The molecule has 1 heterocycles. The summed E-state index contributed by atoms with van der Waals surface area (Å²) in [4.78, 5) is 13.9. The van der Waals surface area contributed by atoms with Gasteiger partial charge in [0, 0.05) is 15.8 Å². The van der Waals surface area contributed by atoms with Crippen molar-refractivity contribution < 1.29 is 13.9 Å². The number of hydrogen-bond donors (Lipinski definition) is 1. The van der Waals surface area contributed by atoms with Gasteiger partial charge in [0.05, 0.1) is 6.54 Å². The van der Waals surface area contributed by atoms with Crippen LogP contribution in [-0.2, 0) is 11.3 Å². The number of carbonyl (C=O) groups is 1. The summed E-state index contributed by atoms with van der Waals surface area (Å²) in [6, 6.07) is 9.71. The summed E-state index contributed by atoms with van der Waals surface area (Å²) in [6.45, 7) is 2.39. The molecule has 3 nitrogen and oxygen atoms in total. The average molecular weight is 279 g/mol. The van der Waals surface area contributed by atoms with Crippen molar-refractivity contribution in [3.63, 3.8) is 0 Å². The van der Waals surface area contributed by atoms with Crippen LogP contribution in [0.5, 0.6) is 5.75 Å². The predicted molar refractivity (Wildman–Crippen MR) is 72.8 cm³/mol. The maximum atomic E-state index is 12.9. The number of hydrogen-bond acceptors (Lipinski definition) is 3. The lowest BCUT2D eigenvalue weighted by Gasteiger charge is -2.06. The zero-order valence-electron chi connectivity index (χ0n) is 10.5. The number of benzene rings is 1. The van der Waals surface area contributed by atoms with E-state index in [9.17, 15) is 9.18 Å². The molecule has 0 bridgehead atoms. The van der Waals surface area contributed by atoms with Crippen LogP contribution in [0, 0.1) is 12.7 Å². The molecule has 0 aliphatic carbocycles. The third kappa shape index (κ3) is 4.37. The average Bonchev–Trinajstić information content (AvgIpc) is 2.80. The molecule has 0 unspecified atom stereocenters. The van der Waals surface area contributed by atoms with E-state index in [-0.39, 0.29) is 18.3 Å². The number of thiophene rings is 1. The van der Waals surface area contributed by atoms with E-state index in [1.54, 1.807) is 17.4 Å². The molecular formula is C14H14FNO2S. The van der Waals surface area contributed by atoms with Gasteiger partial charge < -0.3 is 10.1 Å². The van der Waals surface area contributed by atoms with Gasteiger partial charge >= 0.3 is 0 Å². The van der Waals surface area contributed by atoms with Gasteiger partial charge in [-0.3, -0.25) is 4.79 Å². The van der Waals surface area contributed by atoms with Crippen LogP contribution >= 0.6 is 11.3 Å². The molecule has 0 saturated heterocycles. The molecule has 1 amide bonds. The van der Waals surface area contributed by atoms with Gasteiger partial charge in [0.2, 0.25) is 0 Å². The summed E-state index contributed by atoms with van der Waals surface area (Å²) < 4.78 is 18.1. The fourth-order valence-electron chi connectivity index (χ4n) is 1.52. The second-order valence-electron chi connectivity index (χ2n) is 4.04. The van der Waals surface area contributed by atoms with Gasteiger partial charge in [-0.05, 0) is 31.2 Å². The lowest BCUT2D eigenvalue weighted by Crippen LogP contribution is -2.28. The van der Waals surface area contributed by atoms with Gasteiger partial charge in [0.25, 0.3) is 5.91 Å². The summed E-state index contributed by atoms with van der Waals surface area (Å²) in [6.07, 6.45) is 0. The maximum Gasteiger partial charge on any atom is 0.258 e. The Labute approximate surface area is 115 Å². The van der Waals surface area contributed by atoms with Crippen LogP contribution in [-0.4, -0.2) is 12.5 Å². The normalized spacial score (nSPS) is 10.2. The van der Waals surface area contributed by atoms with Crippen LogP contribution in [0.1, 0.15) is 9.75 Å². The summed E-state index contributed by atoms with van der Waals surface area (Å²) in [5.41, 5.74) is 0. The highest BCUT2D eigenvalue weighted by molar-refractivity contribution is 7.11. The van der Waals surface area contributed by atoms with Crippen LogP contribution in [0.3, 0.4) is 0 Å². The van der Waals surface area contributed by atoms with Gasteiger partial charge in [0.15, 0.2) is 6.61 Å². The second kappa shape index (κ2) is 6.33. The molecule has 19 heavy (non-hydrogen) atoms. The van der Waals surface area contributed by atoms with Gasteiger partial charge in [0.1, 0.15) is 11.6 Å². The van der Waals surface area contributed by atoms with Crippen LogP contribution in [0.25, 0.3) is 0 Å². The van der Waals surface area contributed by atoms with Crippen molar-refractivity contribution in [1.82, 2.24) is 5.32 Å². The smallest absolute Gasteiger partial charge is 0.258 e. The first-order valence-corrected chi connectivity index (χ1v) is 6.65. The molecule has 0 atom stereocenters. The third-order valence-corrected chi connectivity index (χ3v) is 3.42. The van der Waals surface area contributed by atoms with Crippen molar-refractivity contribution in [2.24, 2.45) is 0 Å². The molecule has 0 aliphatic heterocycles. The fraction of sp³-hybridized carbons (Fsp3) is 0.214. The first kappa shape index (κ1) is 13.5. The number of amides is 1. The molecule has 1 N–H and O–H groups in total. The van der Waals surface area contributed by atoms with E-state index >= 15 is 0 Å². The number of halogens is 1. The Hall–Kier alpha value is -1.88. The van der Waals surface area contributed by atoms with Crippen molar-refractivity contribution in [2.45, 2.75) is 13.5 Å². The minimum absolute atomic E-state index is 0.117. The van der Waals surface area contributed by atoms with Gasteiger partial charge in [-0.1, -0.05) is 6.07 Å². The van der Waals surface area contributed by atoms with E-state index in [4.69, 9.17) is 4.74 Å². The number of carbonyl (C=O) groups excluding carboxylic acids is 1. The zero-order chi connectivity index (χ0) is 13.7. The largest absolute Gasteiger partial charge is 0.484 e. The zero-order valence-corrected chi connectivity index (χ0v) is 11.3. The van der Waals surface area contributed by atoms with Gasteiger partial charge in [-0.25, -0.2) is 4.39 Å². The summed E-state index contributed by atoms with van der Waals surface area (Å²) in [5.74, 6) is -0.260. The molecule has 0 aliphatic rings. The van der Waals surface area contributed by atoms with Crippen LogP contribution in [0.15, 0.2) is 36.4 Å². The number of rotatable bonds is 5.